The highest BCUT2D eigenvalue weighted by molar-refractivity contribution is 4.84. The number of rotatable bonds is 21. The van der Waals surface area contributed by atoms with E-state index in [9.17, 15) is 0 Å². The highest BCUT2D eigenvalue weighted by Crippen LogP contribution is 2.29. The van der Waals surface area contributed by atoms with Gasteiger partial charge in [0.1, 0.15) is 0 Å². The van der Waals surface area contributed by atoms with Gasteiger partial charge in [0.2, 0.25) is 0 Å². The van der Waals surface area contributed by atoms with Crippen molar-refractivity contribution in [1.82, 2.24) is 0 Å². The van der Waals surface area contributed by atoms with Gasteiger partial charge in [-0.25, -0.2) is 0 Å². The van der Waals surface area contributed by atoms with Crippen LogP contribution in [-0.2, 0) is 0 Å². The predicted octanol–water partition coefficient (Wildman–Crippen LogP) is 9.91. The van der Waals surface area contributed by atoms with Crippen molar-refractivity contribution in [2.75, 3.05) is 0 Å². The van der Waals surface area contributed by atoms with Gasteiger partial charge in [-0.1, -0.05) is 150 Å². The highest BCUT2D eigenvalue weighted by atomic mass is 14.2. The maximum atomic E-state index is 2.84. The molecule has 157 valence electrons. The molecule has 0 aromatic rings. The van der Waals surface area contributed by atoms with Crippen LogP contribution >= 0.6 is 0 Å². The average Bonchev–Trinajstić information content (AvgIpc) is 2.65. The Balaban J connectivity index is 4.28. The second-order valence-corrected chi connectivity index (χ2v) is 8.76. The van der Waals surface area contributed by atoms with Crippen LogP contribution in [0, 0.1) is 18.3 Å². The summed E-state index contributed by atoms with van der Waals surface area (Å²) < 4.78 is 0. The molecule has 0 amide bonds. The summed E-state index contributed by atoms with van der Waals surface area (Å²) in [4.78, 5) is 0. The molecule has 26 heavy (non-hydrogen) atoms. The van der Waals surface area contributed by atoms with Gasteiger partial charge in [-0.15, -0.1) is 0 Å². The van der Waals surface area contributed by atoms with Crippen LogP contribution in [0.15, 0.2) is 0 Å². The molecule has 0 aromatic carbocycles. The molecule has 0 rings (SSSR count). The zero-order valence-corrected chi connectivity index (χ0v) is 19.2. The maximum absolute atomic E-state index is 2.84. The quantitative estimate of drug-likeness (QED) is 0.177. The van der Waals surface area contributed by atoms with E-state index in [1.807, 2.05) is 0 Å². The van der Waals surface area contributed by atoms with Crippen molar-refractivity contribution in [3.63, 3.8) is 0 Å². The van der Waals surface area contributed by atoms with Crippen LogP contribution in [0.5, 0.6) is 0 Å². The summed E-state index contributed by atoms with van der Waals surface area (Å²) in [5.74, 6) is 1.80. The molecule has 0 fully saturated rings. The largest absolute Gasteiger partial charge is 0.0654 e. The van der Waals surface area contributed by atoms with E-state index in [0.29, 0.717) is 0 Å². The minimum Gasteiger partial charge on any atom is -0.0654 e. The van der Waals surface area contributed by atoms with Crippen LogP contribution in [0.4, 0.5) is 0 Å². The van der Waals surface area contributed by atoms with Crippen molar-refractivity contribution in [3.8, 4) is 0 Å². The van der Waals surface area contributed by atoms with Gasteiger partial charge >= 0.3 is 0 Å². The Hall–Kier alpha value is 0. The minimum absolute atomic E-state index is 0.901. The lowest BCUT2D eigenvalue weighted by molar-refractivity contribution is 0.369. The van der Waals surface area contributed by atoms with Gasteiger partial charge < -0.3 is 0 Å². The Morgan fingerprint density at radius 1 is 0.385 bits per heavy atom. The van der Waals surface area contributed by atoms with E-state index < -0.39 is 0 Å². The van der Waals surface area contributed by atoms with Crippen LogP contribution < -0.4 is 0 Å². The Kier molecular flexibility index (Phi) is 21.3. The lowest BCUT2D eigenvalue weighted by Crippen LogP contribution is -2.11. The van der Waals surface area contributed by atoms with Crippen LogP contribution in [0.2, 0.25) is 0 Å². The van der Waals surface area contributed by atoms with E-state index in [-0.39, 0.29) is 0 Å². The molecule has 0 heterocycles. The predicted molar refractivity (Wildman–Crippen MR) is 122 cm³/mol. The normalized spacial score (nSPS) is 13.8. The maximum Gasteiger partial charge on any atom is -0.0324 e. The molecule has 0 nitrogen and oxygen atoms in total. The minimum atomic E-state index is 0.901. The third kappa shape index (κ3) is 17.4. The van der Waals surface area contributed by atoms with Crippen molar-refractivity contribution < 1.29 is 0 Å². The molecule has 0 N–H and O–H groups in total. The van der Waals surface area contributed by atoms with Crippen LogP contribution in [0.3, 0.4) is 0 Å². The molecule has 0 aliphatic carbocycles. The van der Waals surface area contributed by atoms with E-state index in [4.69, 9.17) is 0 Å². The molecule has 0 heteroatoms. The van der Waals surface area contributed by atoms with Gasteiger partial charge in [-0.2, -0.15) is 0 Å². The molecule has 0 aromatic heterocycles. The van der Waals surface area contributed by atoms with Crippen molar-refractivity contribution in [1.29, 1.82) is 0 Å². The second kappa shape index (κ2) is 21.3. The molecule has 2 unspecified atom stereocenters. The first kappa shape index (κ1) is 26.0. The molecule has 0 aliphatic rings. The van der Waals surface area contributed by atoms with Crippen LogP contribution in [0.1, 0.15) is 150 Å². The van der Waals surface area contributed by atoms with Crippen molar-refractivity contribution in [2.45, 2.75) is 150 Å². The van der Waals surface area contributed by atoms with Gasteiger partial charge in [-0.05, 0) is 18.3 Å². The van der Waals surface area contributed by atoms with Gasteiger partial charge in [0.05, 0.1) is 0 Å². The van der Waals surface area contributed by atoms with Crippen LogP contribution in [-0.4, -0.2) is 0 Å². The Morgan fingerprint density at radius 2 is 0.692 bits per heavy atom. The third-order valence-corrected chi connectivity index (χ3v) is 6.01. The standard InChI is InChI=1S/C26H53/c1-5-9-13-15-16-19-23-26(21-17-11-7-3)24-25(20-12-8-4)22-18-14-10-6-2/h24-26H,5-23H2,1-4H3. The summed E-state index contributed by atoms with van der Waals surface area (Å²) in [6.45, 7) is 9.33. The van der Waals surface area contributed by atoms with E-state index in [0.717, 1.165) is 11.8 Å². The fourth-order valence-electron chi connectivity index (χ4n) is 4.20. The Morgan fingerprint density at radius 3 is 1.19 bits per heavy atom. The van der Waals surface area contributed by atoms with Gasteiger partial charge in [-0.3, -0.25) is 0 Å². The zero-order chi connectivity index (χ0) is 19.3. The zero-order valence-electron chi connectivity index (χ0n) is 19.2. The molecular weight excluding hydrogens is 312 g/mol. The number of unbranched alkanes of at least 4 members (excludes halogenated alkanes) is 11. The fourth-order valence-corrected chi connectivity index (χ4v) is 4.20. The Labute approximate surface area is 168 Å². The van der Waals surface area contributed by atoms with Crippen molar-refractivity contribution in [2.24, 2.45) is 11.8 Å². The molecule has 2 atom stereocenters. The first-order valence-corrected chi connectivity index (χ1v) is 12.6. The van der Waals surface area contributed by atoms with Crippen molar-refractivity contribution in [3.05, 3.63) is 6.42 Å². The highest BCUT2D eigenvalue weighted by Gasteiger charge is 2.16. The van der Waals surface area contributed by atoms with Crippen molar-refractivity contribution >= 4 is 0 Å². The first-order chi connectivity index (χ1) is 12.8. The first-order valence-electron chi connectivity index (χ1n) is 12.6. The summed E-state index contributed by atoms with van der Waals surface area (Å²) in [6.07, 6.45) is 30.0. The Bertz CT molecular complexity index is 244. The number of hydrogen-bond acceptors (Lipinski definition) is 0. The molecule has 0 bridgehead atoms. The molecular formula is C26H53. The van der Waals surface area contributed by atoms with Gasteiger partial charge in [0.15, 0.2) is 0 Å². The molecule has 0 aliphatic heterocycles. The summed E-state index contributed by atoms with van der Waals surface area (Å²) in [7, 11) is 0. The average molecular weight is 366 g/mol. The molecule has 0 saturated carbocycles. The summed E-state index contributed by atoms with van der Waals surface area (Å²) in [6, 6.07) is 0. The summed E-state index contributed by atoms with van der Waals surface area (Å²) in [5, 5.41) is 0. The lowest BCUT2D eigenvalue weighted by Gasteiger charge is -2.24. The van der Waals surface area contributed by atoms with Crippen LogP contribution in [0.25, 0.3) is 0 Å². The monoisotopic (exact) mass is 365 g/mol. The number of hydrogen-bond donors (Lipinski definition) is 0. The lowest BCUT2D eigenvalue weighted by atomic mass is 9.82. The molecule has 0 spiro atoms. The smallest absolute Gasteiger partial charge is 0.0324 e. The van der Waals surface area contributed by atoms with E-state index in [1.54, 1.807) is 0 Å². The molecule has 0 saturated heterocycles. The third-order valence-electron chi connectivity index (χ3n) is 6.01. The van der Waals surface area contributed by atoms with Gasteiger partial charge in [0, 0.05) is 0 Å². The summed E-state index contributed by atoms with van der Waals surface area (Å²) in [5.41, 5.74) is 0. The fraction of sp³-hybridized carbons (Fsp3) is 0.962. The van der Waals surface area contributed by atoms with E-state index >= 15 is 0 Å². The SMILES string of the molecule is CCCCCCCCC([CH]C(CCCC)CCCCCC)CCCCC. The molecule has 1 radical (unpaired) electrons. The van der Waals surface area contributed by atoms with E-state index in [2.05, 4.69) is 34.1 Å². The second-order valence-electron chi connectivity index (χ2n) is 8.76. The van der Waals surface area contributed by atoms with E-state index in [1.165, 1.54) is 122 Å². The van der Waals surface area contributed by atoms with Gasteiger partial charge in [0.25, 0.3) is 0 Å². The topological polar surface area (TPSA) is 0 Å². The summed E-state index contributed by atoms with van der Waals surface area (Å²) >= 11 is 0.